The largest absolute Gasteiger partial charge is 0.338 e. The third-order valence-corrected chi connectivity index (χ3v) is 4.01. The van der Waals surface area contributed by atoms with Crippen LogP contribution in [0.1, 0.15) is 24.4 Å². The lowest BCUT2D eigenvalue weighted by Crippen LogP contribution is -2.50. The van der Waals surface area contributed by atoms with Gasteiger partial charge in [-0.2, -0.15) is 10.2 Å². The number of aromatic nitrogens is 5. The fraction of sp³-hybridized carbons (Fsp3) is 0.571. The number of carbonyl (C=O) groups excluding carboxylic acids is 1. The van der Waals surface area contributed by atoms with Gasteiger partial charge in [0.1, 0.15) is 18.2 Å². The molecule has 0 radical (unpaired) electrons. The number of piperazine rings is 1. The topological polar surface area (TPSA) is 82.9 Å². The molecule has 0 aliphatic carbocycles. The summed E-state index contributed by atoms with van der Waals surface area (Å²) in [6.07, 6.45) is 5.20. The summed E-state index contributed by atoms with van der Waals surface area (Å²) in [5.74, 6) is 0.988. The average Bonchev–Trinajstić information content (AvgIpc) is 3.18. The van der Waals surface area contributed by atoms with Gasteiger partial charge in [0.2, 0.25) is 5.91 Å². The van der Waals surface area contributed by atoms with Gasteiger partial charge in [-0.1, -0.05) is 0 Å². The van der Waals surface area contributed by atoms with Crippen LogP contribution < -0.4 is 0 Å². The maximum Gasteiger partial charge on any atom is 0.247 e. The number of nitrogens with zero attached hydrogens (tertiary/aromatic N) is 6. The first-order valence-corrected chi connectivity index (χ1v) is 7.49. The summed E-state index contributed by atoms with van der Waals surface area (Å²) < 4.78 is 1.73. The number of aryl methyl sites for hydroxylation is 1. The maximum atomic E-state index is 12.5. The van der Waals surface area contributed by atoms with Crippen molar-refractivity contribution in [3.8, 4) is 0 Å². The van der Waals surface area contributed by atoms with Crippen LogP contribution >= 0.6 is 0 Å². The zero-order chi connectivity index (χ0) is 15.5. The van der Waals surface area contributed by atoms with Crippen molar-refractivity contribution in [2.45, 2.75) is 26.4 Å². The molecule has 118 valence electrons. The van der Waals surface area contributed by atoms with Crippen molar-refractivity contribution in [1.29, 1.82) is 0 Å². The Morgan fingerprint density at radius 2 is 2.14 bits per heavy atom. The molecule has 3 rings (SSSR count). The van der Waals surface area contributed by atoms with E-state index in [1.807, 2.05) is 24.9 Å². The van der Waals surface area contributed by atoms with E-state index in [0.29, 0.717) is 0 Å². The van der Waals surface area contributed by atoms with Gasteiger partial charge in [0.25, 0.3) is 0 Å². The summed E-state index contributed by atoms with van der Waals surface area (Å²) in [6, 6.07) is -0.255. The van der Waals surface area contributed by atoms with Crippen LogP contribution in [0.5, 0.6) is 0 Å². The van der Waals surface area contributed by atoms with Crippen LogP contribution in [0, 0.1) is 6.92 Å². The number of carbonyl (C=O) groups is 1. The third kappa shape index (κ3) is 3.16. The van der Waals surface area contributed by atoms with Crippen LogP contribution in [-0.4, -0.2) is 66.8 Å². The number of aromatic amines is 1. The van der Waals surface area contributed by atoms with Crippen molar-refractivity contribution in [2.24, 2.45) is 0 Å². The number of H-pyrrole nitrogens is 1. The van der Waals surface area contributed by atoms with Gasteiger partial charge in [-0.15, -0.1) is 0 Å². The Kier molecular flexibility index (Phi) is 4.19. The van der Waals surface area contributed by atoms with Crippen LogP contribution in [0.4, 0.5) is 0 Å². The fourth-order valence-corrected chi connectivity index (χ4v) is 2.67. The predicted molar refractivity (Wildman–Crippen MR) is 79.9 cm³/mol. The first kappa shape index (κ1) is 14.7. The van der Waals surface area contributed by atoms with Crippen LogP contribution in [-0.2, 0) is 11.3 Å². The van der Waals surface area contributed by atoms with Gasteiger partial charge in [-0.05, 0) is 19.4 Å². The summed E-state index contributed by atoms with van der Waals surface area (Å²) >= 11 is 0. The highest BCUT2D eigenvalue weighted by molar-refractivity contribution is 5.80. The standard InChI is InChI=1S/C14H21N7O/c1-11-7-17-21(8-11)12(2)14(22)20-5-3-19(4-6-20)9-13-15-10-16-18-13/h7-8,10,12H,3-6,9H2,1-2H3,(H,15,16,18). The van der Waals surface area contributed by atoms with Crippen LogP contribution in [0.15, 0.2) is 18.7 Å². The molecule has 1 saturated heterocycles. The molecular weight excluding hydrogens is 282 g/mol. The zero-order valence-corrected chi connectivity index (χ0v) is 12.9. The van der Waals surface area contributed by atoms with Crippen LogP contribution in [0.2, 0.25) is 0 Å². The second-order valence-corrected chi connectivity index (χ2v) is 5.71. The van der Waals surface area contributed by atoms with Crippen molar-refractivity contribution in [3.63, 3.8) is 0 Å². The minimum Gasteiger partial charge on any atom is -0.338 e. The Labute approximate surface area is 129 Å². The lowest BCUT2D eigenvalue weighted by Gasteiger charge is -2.35. The molecule has 2 aromatic rings. The molecule has 0 saturated carbocycles. The van der Waals surface area contributed by atoms with Crippen LogP contribution in [0.25, 0.3) is 0 Å². The van der Waals surface area contributed by atoms with Crippen molar-refractivity contribution in [3.05, 3.63) is 30.1 Å². The molecule has 3 heterocycles. The Bertz CT molecular complexity index is 613. The Morgan fingerprint density at radius 3 is 2.73 bits per heavy atom. The minimum absolute atomic E-state index is 0.127. The molecule has 0 bridgehead atoms. The highest BCUT2D eigenvalue weighted by Crippen LogP contribution is 2.13. The van der Waals surface area contributed by atoms with E-state index >= 15 is 0 Å². The molecule has 0 aromatic carbocycles. The minimum atomic E-state index is -0.255. The van der Waals surface area contributed by atoms with Crippen molar-refractivity contribution >= 4 is 5.91 Å². The number of amides is 1. The lowest BCUT2D eigenvalue weighted by molar-refractivity contribution is -0.136. The number of hydrogen-bond acceptors (Lipinski definition) is 5. The summed E-state index contributed by atoms with van der Waals surface area (Å²) in [4.78, 5) is 20.9. The molecular formula is C14H21N7O. The number of rotatable bonds is 4. The van der Waals surface area contributed by atoms with E-state index in [0.717, 1.165) is 44.1 Å². The quantitative estimate of drug-likeness (QED) is 0.873. The molecule has 1 unspecified atom stereocenters. The first-order valence-electron chi connectivity index (χ1n) is 7.49. The van der Waals surface area contributed by atoms with E-state index in [1.165, 1.54) is 6.33 Å². The molecule has 1 fully saturated rings. The Morgan fingerprint density at radius 1 is 1.36 bits per heavy atom. The highest BCUT2D eigenvalue weighted by atomic mass is 16.2. The van der Waals surface area contributed by atoms with Crippen molar-refractivity contribution in [1.82, 2.24) is 34.8 Å². The Hall–Kier alpha value is -2.22. The summed E-state index contributed by atoms with van der Waals surface area (Å²) in [6.45, 7) is 7.78. The van der Waals surface area contributed by atoms with Gasteiger partial charge in [0, 0.05) is 32.4 Å². The van der Waals surface area contributed by atoms with Crippen molar-refractivity contribution < 1.29 is 4.79 Å². The first-order chi connectivity index (χ1) is 10.6. The molecule has 8 nitrogen and oxygen atoms in total. The molecule has 8 heteroatoms. The maximum absolute atomic E-state index is 12.5. The van der Waals surface area contributed by atoms with Gasteiger partial charge >= 0.3 is 0 Å². The van der Waals surface area contributed by atoms with E-state index in [1.54, 1.807) is 10.9 Å². The second kappa shape index (κ2) is 6.27. The Balaban J connectivity index is 1.53. The molecule has 0 spiro atoms. The number of hydrogen-bond donors (Lipinski definition) is 1. The lowest BCUT2D eigenvalue weighted by atomic mass is 10.2. The molecule has 1 amide bonds. The van der Waals surface area contributed by atoms with Gasteiger partial charge in [0.05, 0.1) is 12.7 Å². The van der Waals surface area contributed by atoms with E-state index in [4.69, 9.17) is 0 Å². The number of nitrogens with one attached hydrogen (secondary N) is 1. The average molecular weight is 303 g/mol. The van der Waals surface area contributed by atoms with E-state index in [-0.39, 0.29) is 11.9 Å². The van der Waals surface area contributed by atoms with Gasteiger partial charge in [-0.3, -0.25) is 19.5 Å². The highest BCUT2D eigenvalue weighted by Gasteiger charge is 2.26. The SMILES string of the molecule is Cc1cnn(C(C)C(=O)N2CCN(Cc3ncn[nH]3)CC2)c1. The third-order valence-electron chi connectivity index (χ3n) is 4.01. The van der Waals surface area contributed by atoms with Gasteiger partial charge < -0.3 is 4.90 Å². The molecule has 1 aliphatic heterocycles. The monoisotopic (exact) mass is 303 g/mol. The van der Waals surface area contributed by atoms with E-state index in [9.17, 15) is 4.79 Å². The second-order valence-electron chi connectivity index (χ2n) is 5.71. The predicted octanol–water partition coefficient (Wildman–Crippen LogP) is 0.215. The van der Waals surface area contributed by atoms with Crippen molar-refractivity contribution in [2.75, 3.05) is 26.2 Å². The smallest absolute Gasteiger partial charge is 0.247 e. The van der Waals surface area contributed by atoms with Gasteiger partial charge in [-0.25, -0.2) is 4.98 Å². The van der Waals surface area contributed by atoms with Crippen LogP contribution in [0.3, 0.4) is 0 Å². The normalized spacial score (nSPS) is 17.6. The van der Waals surface area contributed by atoms with E-state index < -0.39 is 0 Å². The fourth-order valence-electron chi connectivity index (χ4n) is 2.67. The molecule has 1 aliphatic rings. The summed E-state index contributed by atoms with van der Waals surface area (Å²) in [5.41, 5.74) is 1.07. The molecule has 22 heavy (non-hydrogen) atoms. The molecule has 2 aromatic heterocycles. The van der Waals surface area contributed by atoms with E-state index in [2.05, 4.69) is 25.2 Å². The summed E-state index contributed by atoms with van der Waals surface area (Å²) in [7, 11) is 0. The zero-order valence-electron chi connectivity index (χ0n) is 12.9. The summed E-state index contributed by atoms with van der Waals surface area (Å²) in [5, 5.41) is 11.0. The molecule has 1 atom stereocenters. The van der Waals surface area contributed by atoms with Gasteiger partial charge in [0.15, 0.2) is 0 Å². The molecule has 1 N–H and O–H groups in total.